The molecule has 2 rings (SSSR count). The predicted octanol–water partition coefficient (Wildman–Crippen LogP) is 2.62. The molecule has 0 spiro atoms. The van der Waals surface area contributed by atoms with Gasteiger partial charge in [0.15, 0.2) is 0 Å². The number of rotatable bonds is 2. The van der Waals surface area contributed by atoms with Crippen LogP contribution in [0.2, 0.25) is 5.15 Å². The van der Waals surface area contributed by atoms with Crippen LogP contribution in [0, 0.1) is 0 Å². The summed E-state index contributed by atoms with van der Waals surface area (Å²) in [5.41, 5.74) is 7.39. The van der Waals surface area contributed by atoms with Gasteiger partial charge in [0.2, 0.25) is 0 Å². The van der Waals surface area contributed by atoms with E-state index >= 15 is 0 Å². The lowest BCUT2D eigenvalue weighted by Crippen LogP contribution is -2.24. The first kappa shape index (κ1) is 10.9. The van der Waals surface area contributed by atoms with E-state index in [1.54, 1.807) is 12.3 Å². The largest absolute Gasteiger partial charge is 0.396 e. The van der Waals surface area contributed by atoms with E-state index in [4.69, 9.17) is 17.3 Å². The van der Waals surface area contributed by atoms with Crippen molar-refractivity contribution in [1.82, 2.24) is 4.98 Å². The lowest BCUT2D eigenvalue weighted by molar-refractivity contribution is 0.667. The van der Waals surface area contributed by atoms with Gasteiger partial charge in [-0.2, -0.15) is 11.8 Å². The van der Waals surface area contributed by atoms with Crippen LogP contribution in [0.1, 0.15) is 12.8 Å². The second kappa shape index (κ2) is 4.94. The van der Waals surface area contributed by atoms with E-state index in [2.05, 4.69) is 10.3 Å². The summed E-state index contributed by atoms with van der Waals surface area (Å²) in [6.45, 7) is 0. The molecule has 0 aliphatic carbocycles. The number of nitrogens with two attached hydrogens (primary N) is 1. The molecule has 0 saturated carbocycles. The zero-order valence-corrected chi connectivity index (χ0v) is 9.94. The van der Waals surface area contributed by atoms with Crippen LogP contribution in [0.15, 0.2) is 12.3 Å². The molecule has 82 valence electrons. The molecule has 0 bridgehead atoms. The Labute approximate surface area is 98.8 Å². The highest BCUT2D eigenvalue weighted by Gasteiger charge is 2.14. The molecule has 1 saturated heterocycles. The topological polar surface area (TPSA) is 50.9 Å². The number of pyridine rings is 1. The second-order valence-electron chi connectivity index (χ2n) is 3.63. The fourth-order valence-corrected chi connectivity index (χ4v) is 2.89. The zero-order chi connectivity index (χ0) is 10.7. The van der Waals surface area contributed by atoms with Crippen molar-refractivity contribution < 1.29 is 0 Å². The Morgan fingerprint density at radius 2 is 2.20 bits per heavy atom. The minimum absolute atomic E-state index is 0.483. The number of nitrogens with one attached hydrogen (secondary N) is 1. The lowest BCUT2D eigenvalue weighted by atomic mass is 10.1. The fraction of sp³-hybridized carbons (Fsp3) is 0.500. The third-order valence-corrected chi connectivity index (χ3v) is 3.74. The van der Waals surface area contributed by atoms with Gasteiger partial charge in [0.05, 0.1) is 17.6 Å². The normalized spacial score (nSPS) is 17.7. The fourth-order valence-electron chi connectivity index (χ4n) is 1.63. The molecule has 0 atom stereocenters. The van der Waals surface area contributed by atoms with Crippen LogP contribution >= 0.6 is 23.4 Å². The molecule has 15 heavy (non-hydrogen) atoms. The first-order valence-electron chi connectivity index (χ1n) is 5.01. The summed E-state index contributed by atoms with van der Waals surface area (Å²) in [4.78, 5) is 3.93. The quantitative estimate of drug-likeness (QED) is 0.785. The van der Waals surface area contributed by atoms with Crippen LogP contribution in [0.5, 0.6) is 0 Å². The predicted molar refractivity (Wildman–Crippen MR) is 67.6 cm³/mol. The summed E-state index contributed by atoms with van der Waals surface area (Å²) in [6.07, 6.45) is 3.97. The molecule has 3 N–H and O–H groups in total. The van der Waals surface area contributed by atoms with Gasteiger partial charge in [-0.25, -0.2) is 4.98 Å². The van der Waals surface area contributed by atoms with E-state index in [9.17, 15) is 0 Å². The van der Waals surface area contributed by atoms with E-state index < -0.39 is 0 Å². The first-order valence-corrected chi connectivity index (χ1v) is 6.54. The van der Waals surface area contributed by atoms with Crippen LogP contribution in [0.25, 0.3) is 0 Å². The number of nitrogens with zero attached hydrogens (tertiary/aromatic N) is 1. The van der Waals surface area contributed by atoms with Gasteiger partial charge < -0.3 is 11.1 Å². The Morgan fingerprint density at radius 1 is 1.47 bits per heavy atom. The van der Waals surface area contributed by atoms with Gasteiger partial charge in [-0.05, 0) is 24.3 Å². The second-order valence-corrected chi connectivity index (χ2v) is 5.24. The van der Waals surface area contributed by atoms with Gasteiger partial charge in [0.1, 0.15) is 5.15 Å². The maximum atomic E-state index is 5.82. The standard InChI is InChI=1S/C10H14ClN3S/c11-10-5-9(8(12)6-13-10)14-7-1-3-15-4-2-7/h5-7H,1-4,12H2,(H,13,14). The van der Waals surface area contributed by atoms with Crippen molar-refractivity contribution in [3.8, 4) is 0 Å². The third-order valence-electron chi connectivity index (χ3n) is 2.48. The molecule has 2 heterocycles. The van der Waals surface area contributed by atoms with Gasteiger partial charge in [0.25, 0.3) is 0 Å². The Hall–Kier alpha value is -0.610. The van der Waals surface area contributed by atoms with Gasteiger partial charge in [-0.3, -0.25) is 0 Å². The molecule has 0 aromatic carbocycles. The monoisotopic (exact) mass is 243 g/mol. The highest BCUT2D eigenvalue weighted by atomic mass is 35.5. The maximum Gasteiger partial charge on any atom is 0.131 e. The van der Waals surface area contributed by atoms with Crippen molar-refractivity contribution in [3.05, 3.63) is 17.4 Å². The van der Waals surface area contributed by atoms with Crippen molar-refractivity contribution in [2.75, 3.05) is 22.6 Å². The van der Waals surface area contributed by atoms with E-state index in [1.807, 2.05) is 11.8 Å². The van der Waals surface area contributed by atoms with E-state index in [1.165, 1.54) is 24.3 Å². The Balaban J connectivity index is 2.05. The first-order chi connectivity index (χ1) is 7.25. The zero-order valence-electron chi connectivity index (χ0n) is 8.37. The smallest absolute Gasteiger partial charge is 0.131 e. The van der Waals surface area contributed by atoms with Crippen LogP contribution in [0.3, 0.4) is 0 Å². The van der Waals surface area contributed by atoms with Crippen molar-refractivity contribution in [2.45, 2.75) is 18.9 Å². The Kier molecular flexibility index (Phi) is 3.59. The highest BCUT2D eigenvalue weighted by Crippen LogP contribution is 2.25. The average molecular weight is 244 g/mol. The summed E-state index contributed by atoms with van der Waals surface area (Å²) in [5.74, 6) is 2.44. The number of anilines is 2. The molecule has 1 fully saturated rings. The molecule has 1 aromatic heterocycles. The Bertz CT molecular complexity index is 339. The summed E-state index contributed by atoms with van der Waals surface area (Å²) in [6, 6.07) is 2.31. The van der Waals surface area contributed by atoms with Gasteiger partial charge >= 0.3 is 0 Å². The molecule has 3 nitrogen and oxygen atoms in total. The van der Waals surface area contributed by atoms with Crippen LogP contribution in [-0.4, -0.2) is 22.5 Å². The number of halogens is 1. The van der Waals surface area contributed by atoms with E-state index in [0.29, 0.717) is 16.9 Å². The molecular weight excluding hydrogens is 230 g/mol. The maximum absolute atomic E-state index is 5.82. The molecular formula is C10H14ClN3S. The lowest BCUT2D eigenvalue weighted by Gasteiger charge is -2.24. The van der Waals surface area contributed by atoms with Crippen molar-refractivity contribution in [2.24, 2.45) is 0 Å². The van der Waals surface area contributed by atoms with Gasteiger partial charge in [-0.1, -0.05) is 11.6 Å². The summed E-state index contributed by atoms with van der Waals surface area (Å²) >= 11 is 7.83. The number of thioether (sulfide) groups is 1. The number of hydrogen-bond acceptors (Lipinski definition) is 4. The molecule has 0 radical (unpaired) electrons. The van der Waals surface area contributed by atoms with Gasteiger partial charge in [-0.15, -0.1) is 0 Å². The van der Waals surface area contributed by atoms with E-state index in [0.717, 1.165) is 5.69 Å². The molecule has 1 aliphatic heterocycles. The minimum atomic E-state index is 0.483. The third kappa shape index (κ3) is 2.92. The molecule has 0 unspecified atom stereocenters. The number of aromatic nitrogens is 1. The number of hydrogen-bond donors (Lipinski definition) is 2. The molecule has 5 heteroatoms. The van der Waals surface area contributed by atoms with Crippen molar-refractivity contribution in [3.63, 3.8) is 0 Å². The summed E-state index contributed by atoms with van der Waals surface area (Å²) in [5, 5.41) is 3.91. The Morgan fingerprint density at radius 3 is 2.93 bits per heavy atom. The number of nitrogen functional groups attached to an aromatic ring is 1. The summed E-state index contributed by atoms with van der Waals surface area (Å²) < 4.78 is 0. The van der Waals surface area contributed by atoms with Gasteiger partial charge in [0, 0.05) is 12.1 Å². The molecule has 0 amide bonds. The molecule has 1 aromatic rings. The van der Waals surface area contributed by atoms with Crippen molar-refractivity contribution >= 4 is 34.7 Å². The molecule has 1 aliphatic rings. The SMILES string of the molecule is Nc1cnc(Cl)cc1NC1CCSCC1. The average Bonchev–Trinajstić information content (AvgIpc) is 2.25. The minimum Gasteiger partial charge on any atom is -0.396 e. The van der Waals surface area contributed by atoms with E-state index in [-0.39, 0.29) is 0 Å². The highest BCUT2D eigenvalue weighted by molar-refractivity contribution is 7.99. The summed E-state index contributed by atoms with van der Waals surface area (Å²) in [7, 11) is 0. The van der Waals surface area contributed by atoms with Crippen LogP contribution in [0.4, 0.5) is 11.4 Å². The van der Waals surface area contributed by atoms with Crippen molar-refractivity contribution in [1.29, 1.82) is 0 Å². The van der Waals surface area contributed by atoms with Crippen LogP contribution < -0.4 is 11.1 Å². The van der Waals surface area contributed by atoms with Crippen LogP contribution in [-0.2, 0) is 0 Å².